The van der Waals surface area contributed by atoms with Crippen molar-refractivity contribution in [3.63, 3.8) is 0 Å². The van der Waals surface area contributed by atoms with Gasteiger partial charge in [0.1, 0.15) is 5.82 Å². The van der Waals surface area contributed by atoms with Gasteiger partial charge in [-0.1, -0.05) is 0 Å². The van der Waals surface area contributed by atoms with Gasteiger partial charge in [0.15, 0.2) is 6.61 Å². The highest BCUT2D eigenvalue weighted by molar-refractivity contribution is 7.89. The minimum absolute atomic E-state index is 0.00483. The third kappa shape index (κ3) is 5.67. The van der Waals surface area contributed by atoms with Crippen molar-refractivity contribution in [2.75, 3.05) is 32.8 Å². The molecule has 0 N–H and O–H groups in total. The van der Waals surface area contributed by atoms with Crippen LogP contribution in [0.3, 0.4) is 0 Å². The average molecular weight is 453 g/mol. The number of rotatable bonds is 7. The molecule has 168 valence electrons. The van der Waals surface area contributed by atoms with Gasteiger partial charge in [-0.2, -0.15) is 9.40 Å². The molecule has 3 rings (SSSR count). The highest BCUT2D eigenvalue weighted by Gasteiger charge is 2.30. The fraction of sp³-hybridized carbons (Fsp3) is 0.450. The van der Waals surface area contributed by atoms with E-state index < -0.39 is 21.8 Å². The summed E-state index contributed by atoms with van der Waals surface area (Å²) < 4.78 is 46.3. The minimum Gasteiger partial charge on any atom is -0.456 e. The van der Waals surface area contributed by atoms with Crippen molar-refractivity contribution in [2.24, 2.45) is 0 Å². The largest absolute Gasteiger partial charge is 0.456 e. The zero-order chi connectivity index (χ0) is 22.6. The summed E-state index contributed by atoms with van der Waals surface area (Å²) in [5, 5.41) is 4.27. The summed E-state index contributed by atoms with van der Waals surface area (Å²) in [6, 6.07) is 6.53. The van der Waals surface area contributed by atoms with Crippen LogP contribution >= 0.6 is 0 Å². The fourth-order valence-corrected chi connectivity index (χ4v) is 4.76. The highest BCUT2D eigenvalue weighted by Crippen LogP contribution is 2.18. The van der Waals surface area contributed by atoms with Crippen LogP contribution in [0.4, 0.5) is 4.39 Å². The molecule has 0 aliphatic carbocycles. The number of ether oxygens (including phenoxy) is 1. The van der Waals surface area contributed by atoms with E-state index in [2.05, 4.69) is 5.10 Å². The Kier molecular flexibility index (Phi) is 7.06. The molecule has 1 aromatic heterocycles. The molecule has 0 atom stereocenters. The number of carbonyl (C=O) groups is 2. The molecular formula is C20H25FN4O5S. The molecule has 31 heavy (non-hydrogen) atoms. The summed E-state index contributed by atoms with van der Waals surface area (Å²) in [6.07, 6.45) is 0.0962. The SMILES string of the molecule is Cc1cc(C)n(CCC(=O)OCC(=O)N2CCN(S(=O)(=O)c3ccc(F)cc3)CC2)n1. The van der Waals surface area contributed by atoms with Crippen molar-refractivity contribution in [2.45, 2.75) is 31.7 Å². The van der Waals surface area contributed by atoms with Gasteiger partial charge in [-0.25, -0.2) is 12.8 Å². The number of hydrogen-bond acceptors (Lipinski definition) is 6. The Bertz CT molecular complexity index is 1040. The molecule has 1 fully saturated rings. The van der Waals surface area contributed by atoms with E-state index in [4.69, 9.17) is 4.74 Å². The van der Waals surface area contributed by atoms with E-state index in [1.54, 1.807) is 4.68 Å². The lowest BCUT2D eigenvalue weighted by molar-refractivity contribution is -0.152. The first-order valence-corrected chi connectivity index (χ1v) is 11.3. The predicted octanol–water partition coefficient (Wildman–Crippen LogP) is 1.11. The Balaban J connectivity index is 1.44. The van der Waals surface area contributed by atoms with Crippen molar-refractivity contribution < 1.29 is 27.1 Å². The van der Waals surface area contributed by atoms with E-state index in [-0.39, 0.29) is 50.0 Å². The summed E-state index contributed by atoms with van der Waals surface area (Å²) in [5.41, 5.74) is 1.80. The van der Waals surface area contributed by atoms with Gasteiger partial charge >= 0.3 is 5.97 Å². The quantitative estimate of drug-likeness (QED) is 0.583. The number of nitrogens with zero attached hydrogens (tertiary/aromatic N) is 4. The molecule has 1 amide bonds. The van der Waals surface area contributed by atoms with Gasteiger partial charge in [-0.3, -0.25) is 14.3 Å². The van der Waals surface area contributed by atoms with Gasteiger partial charge in [-0.05, 0) is 44.2 Å². The molecule has 0 spiro atoms. The third-order valence-electron chi connectivity index (χ3n) is 5.03. The second-order valence-corrected chi connectivity index (χ2v) is 9.24. The van der Waals surface area contributed by atoms with E-state index in [0.717, 1.165) is 23.5 Å². The van der Waals surface area contributed by atoms with Crippen LogP contribution in [0, 0.1) is 19.7 Å². The number of piperazine rings is 1. The number of aromatic nitrogens is 2. The Morgan fingerprint density at radius 1 is 1.10 bits per heavy atom. The average Bonchev–Trinajstić information content (AvgIpc) is 3.07. The number of esters is 1. The Morgan fingerprint density at radius 3 is 2.32 bits per heavy atom. The van der Waals surface area contributed by atoms with E-state index in [1.165, 1.54) is 21.3 Å². The van der Waals surface area contributed by atoms with Gasteiger partial charge in [0.05, 0.1) is 23.6 Å². The lowest BCUT2D eigenvalue weighted by Gasteiger charge is -2.33. The van der Waals surface area contributed by atoms with Crippen LogP contribution in [0.25, 0.3) is 0 Å². The summed E-state index contributed by atoms with van der Waals surface area (Å²) >= 11 is 0. The Labute approximate surface area is 180 Å². The van der Waals surface area contributed by atoms with Crippen molar-refractivity contribution in [1.82, 2.24) is 19.0 Å². The number of sulfonamides is 1. The van der Waals surface area contributed by atoms with Gasteiger partial charge in [0.25, 0.3) is 5.91 Å². The lowest BCUT2D eigenvalue weighted by Crippen LogP contribution is -2.51. The first kappa shape index (κ1) is 22.9. The molecule has 2 aromatic rings. The number of halogens is 1. The summed E-state index contributed by atoms with van der Waals surface area (Å²) in [6.45, 7) is 4.32. The molecule has 11 heteroatoms. The van der Waals surface area contributed by atoms with Crippen molar-refractivity contribution in [1.29, 1.82) is 0 Å². The minimum atomic E-state index is -3.75. The highest BCUT2D eigenvalue weighted by atomic mass is 32.2. The molecule has 1 saturated heterocycles. The molecule has 1 aliphatic heterocycles. The van der Waals surface area contributed by atoms with Crippen LogP contribution in [0.1, 0.15) is 17.8 Å². The molecule has 0 unspecified atom stereocenters. The van der Waals surface area contributed by atoms with Crippen LogP contribution < -0.4 is 0 Å². The van der Waals surface area contributed by atoms with E-state index in [1.807, 2.05) is 19.9 Å². The molecule has 9 nitrogen and oxygen atoms in total. The lowest BCUT2D eigenvalue weighted by atomic mass is 10.3. The first-order chi connectivity index (χ1) is 14.7. The van der Waals surface area contributed by atoms with E-state index in [0.29, 0.717) is 6.54 Å². The second-order valence-electron chi connectivity index (χ2n) is 7.30. The molecule has 0 saturated carbocycles. The number of aryl methyl sites for hydroxylation is 3. The Hall–Kier alpha value is -2.79. The van der Waals surface area contributed by atoms with Gasteiger partial charge in [0.2, 0.25) is 10.0 Å². The maximum absolute atomic E-state index is 13.0. The monoisotopic (exact) mass is 452 g/mol. The predicted molar refractivity (Wildman–Crippen MR) is 109 cm³/mol. The molecule has 1 aromatic carbocycles. The normalized spacial score (nSPS) is 15.1. The molecule has 0 bridgehead atoms. The standard InChI is InChI=1S/C20H25FN4O5S/c1-15-13-16(2)25(22-15)8-7-20(27)30-14-19(26)23-9-11-24(12-10-23)31(28,29)18-5-3-17(21)4-6-18/h3-6,13H,7-12,14H2,1-2H3. The summed E-state index contributed by atoms with van der Waals surface area (Å²) in [7, 11) is -3.75. The molecule has 1 aliphatic rings. The van der Waals surface area contributed by atoms with Gasteiger partial charge in [-0.15, -0.1) is 0 Å². The van der Waals surface area contributed by atoms with Crippen LogP contribution in [0.5, 0.6) is 0 Å². The van der Waals surface area contributed by atoms with Gasteiger partial charge < -0.3 is 9.64 Å². The van der Waals surface area contributed by atoms with Crippen molar-refractivity contribution in [3.05, 3.63) is 47.5 Å². The molecular weight excluding hydrogens is 427 g/mol. The van der Waals surface area contributed by atoms with Crippen molar-refractivity contribution >= 4 is 21.9 Å². The number of hydrogen-bond donors (Lipinski definition) is 0. The summed E-state index contributed by atoms with van der Waals surface area (Å²) in [5.74, 6) is -1.39. The molecule has 2 heterocycles. The van der Waals surface area contributed by atoms with Crippen LogP contribution in [0.2, 0.25) is 0 Å². The summed E-state index contributed by atoms with van der Waals surface area (Å²) in [4.78, 5) is 25.7. The molecule has 0 radical (unpaired) electrons. The second kappa shape index (κ2) is 9.56. The first-order valence-electron chi connectivity index (χ1n) is 9.87. The zero-order valence-corrected chi connectivity index (χ0v) is 18.3. The smallest absolute Gasteiger partial charge is 0.308 e. The Morgan fingerprint density at radius 2 is 1.74 bits per heavy atom. The maximum Gasteiger partial charge on any atom is 0.308 e. The number of carbonyl (C=O) groups excluding carboxylic acids is 2. The zero-order valence-electron chi connectivity index (χ0n) is 17.5. The maximum atomic E-state index is 13.0. The topological polar surface area (TPSA) is 102 Å². The number of benzene rings is 1. The number of amides is 1. The van der Waals surface area contributed by atoms with E-state index >= 15 is 0 Å². The van der Waals surface area contributed by atoms with Crippen LogP contribution in [0.15, 0.2) is 35.2 Å². The van der Waals surface area contributed by atoms with E-state index in [9.17, 15) is 22.4 Å². The van der Waals surface area contributed by atoms with Crippen LogP contribution in [-0.4, -0.2) is 72.1 Å². The van der Waals surface area contributed by atoms with Gasteiger partial charge in [0, 0.05) is 31.9 Å². The van der Waals surface area contributed by atoms with Crippen LogP contribution in [-0.2, 0) is 30.9 Å². The van der Waals surface area contributed by atoms with Crippen molar-refractivity contribution in [3.8, 4) is 0 Å². The third-order valence-corrected chi connectivity index (χ3v) is 6.94. The fourth-order valence-electron chi connectivity index (χ4n) is 3.34.